The highest BCUT2D eigenvalue weighted by Crippen LogP contribution is 2.33. The van der Waals surface area contributed by atoms with Gasteiger partial charge >= 0.3 is 0 Å². The van der Waals surface area contributed by atoms with E-state index >= 15 is 0 Å². The molecular formula is C16H26N4O. The molecular weight excluding hydrogens is 264 g/mol. The number of anilines is 1. The molecule has 1 saturated heterocycles. The summed E-state index contributed by atoms with van der Waals surface area (Å²) in [6.07, 6.45) is 7.93. The summed E-state index contributed by atoms with van der Waals surface area (Å²) in [7, 11) is 2.13. The Kier molecular flexibility index (Phi) is 4.70. The number of likely N-dealkylation sites (N-methyl/N-ethyl adjacent to an activating group) is 1. The standard InChI is InChI=1S/C16H26N4O/c1-19-9-10-20(12-14(19)7-11-21)16-17-8-6-15(18-16)13-4-2-3-5-13/h6,8,13-14,21H,2-5,7,9-12H2,1H3. The second-order valence-electron chi connectivity index (χ2n) is 6.36. The zero-order valence-corrected chi connectivity index (χ0v) is 12.9. The Hall–Kier alpha value is -1.20. The van der Waals surface area contributed by atoms with Crippen LogP contribution in [0.3, 0.4) is 0 Å². The largest absolute Gasteiger partial charge is 0.396 e. The number of hydrogen-bond donors (Lipinski definition) is 1. The number of piperazine rings is 1. The van der Waals surface area contributed by atoms with Gasteiger partial charge in [-0.25, -0.2) is 9.97 Å². The van der Waals surface area contributed by atoms with Crippen molar-refractivity contribution in [1.82, 2.24) is 14.9 Å². The highest BCUT2D eigenvalue weighted by atomic mass is 16.3. The van der Waals surface area contributed by atoms with Crippen LogP contribution in [0.15, 0.2) is 12.3 Å². The lowest BCUT2D eigenvalue weighted by Crippen LogP contribution is -2.52. The molecule has 2 fully saturated rings. The van der Waals surface area contributed by atoms with E-state index in [2.05, 4.69) is 27.9 Å². The van der Waals surface area contributed by atoms with Gasteiger partial charge in [0.1, 0.15) is 0 Å². The monoisotopic (exact) mass is 290 g/mol. The third kappa shape index (κ3) is 3.35. The zero-order chi connectivity index (χ0) is 14.7. The van der Waals surface area contributed by atoms with Crippen LogP contribution in [0.4, 0.5) is 5.95 Å². The highest BCUT2D eigenvalue weighted by molar-refractivity contribution is 5.32. The molecule has 1 aromatic rings. The third-order valence-corrected chi connectivity index (χ3v) is 4.96. The van der Waals surface area contributed by atoms with Crippen LogP contribution >= 0.6 is 0 Å². The summed E-state index contributed by atoms with van der Waals surface area (Å²) in [5.74, 6) is 1.50. The van der Waals surface area contributed by atoms with E-state index in [1.165, 1.54) is 31.4 Å². The fraction of sp³-hybridized carbons (Fsp3) is 0.750. The summed E-state index contributed by atoms with van der Waals surface area (Å²) in [4.78, 5) is 13.9. The number of hydrogen-bond acceptors (Lipinski definition) is 5. The maximum Gasteiger partial charge on any atom is 0.225 e. The maximum absolute atomic E-state index is 9.20. The van der Waals surface area contributed by atoms with Gasteiger partial charge in [-0.2, -0.15) is 0 Å². The van der Waals surface area contributed by atoms with Crippen LogP contribution in [0.1, 0.15) is 43.7 Å². The minimum absolute atomic E-state index is 0.242. The molecule has 21 heavy (non-hydrogen) atoms. The first-order chi connectivity index (χ1) is 10.3. The molecule has 1 saturated carbocycles. The van der Waals surface area contributed by atoms with E-state index < -0.39 is 0 Å². The van der Waals surface area contributed by atoms with E-state index in [1.807, 2.05) is 6.20 Å². The second kappa shape index (κ2) is 6.71. The summed E-state index contributed by atoms with van der Waals surface area (Å²) in [5, 5.41) is 9.20. The lowest BCUT2D eigenvalue weighted by Gasteiger charge is -2.39. The molecule has 5 nitrogen and oxygen atoms in total. The quantitative estimate of drug-likeness (QED) is 0.913. The van der Waals surface area contributed by atoms with E-state index in [4.69, 9.17) is 4.98 Å². The number of aromatic nitrogens is 2. The first kappa shape index (κ1) is 14.7. The van der Waals surface area contributed by atoms with Gasteiger partial charge in [-0.1, -0.05) is 12.8 Å². The average Bonchev–Trinajstić information content (AvgIpc) is 3.04. The van der Waals surface area contributed by atoms with Gasteiger partial charge in [-0.3, -0.25) is 4.90 Å². The molecule has 1 unspecified atom stereocenters. The molecule has 0 radical (unpaired) electrons. The van der Waals surface area contributed by atoms with Gasteiger partial charge < -0.3 is 10.0 Å². The van der Waals surface area contributed by atoms with Gasteiger partial charge in [0.25, 0.3) is 0 Å². The van der Waals surface area contributed by atoms with Crippen molar-refractivity contribution in [2.24, 2.45) is 0 Å². The molecule has 3 rings (SSSR count). The number of rotatable bonds is 4. The number of nitrogens with zero attached hydrogens (tertiary/aromatic N) is 4. The first-order valence-electron chi connectivity index (χ1n) is 8.17. The Balaban J connectivity index is 1.72. The van der Waals surface area contributed by atoms with Crippen LogP contribution < -0.4 is 4.90 Å². The van der Waals surface area contributed by atoms with Gasteiger partial charge in [0, 0.05) is 50.1 Å². The average molecular weight is 290 g/mol. The van der Waals surface area contributed by atoms with Gasteiger partial charge in [0.2, 0.25) is 5.95 Å². The van der Waals surface area contributed by atoms with Gasteiger partial charge in [-0.15, -0.1) is 0 Å². The Labute approximate surface area is 127 Å². The highest BCUT2D eigenvalue weighted by Gasteiger charge is 2.26. The molecule has 1 atom stereocenters. The Bertz CT molecular complexity index is 461. The molecule has 0 spiro atoms. The van der Waals surface area contributed by atoms with E-state index in [0.29, 0.717) is 12.0 Å². The summed E-state index contributed by atoms with van der Waals surface area (Å²) < 4.78 is 0. The molecule has 1 aliphatic heterocycles. The molecule has 5 heteroatoms. The predicted molar refractivity (Wildman–Crippen MR) is 83.6 cm³/mol. The summed E-state index contributed by atoms with van der Waals surface area (Å²) >= 11 is 0. The lowest BCUT2D eigenvalue weighted by atomic mass is 10.0. The molecule has 0 aromatic carbocycles. The Morgan fingerprint density at radius 1 is 1.29 bits per heavy atom. The fourth-order valence-corrected chi connectivity index (χ4v) is 3.55. The molecule has 116 valence electrons. The zero-order valence-electron chi connectivity index (χ0n) is 12.9. The molecule has 0 bridgehead atoms. The van der Waals surface area contributed by atoms with Crippen LogP contribution in [0.5, 0.6) is 0 Å². The minimum Gasteiger partial charge on any atom is -0.396 e. The maximum atomic E-state index is 9.20. The second-order valence-corrected chi connectivity index (χ2v) is 6.36. The smallest absolute Gasteiger partial charge is 0.225 e. The van der Waals surface area contributed by atoms with E-state index in [9.17, 15) is 5.11 Å². The summed E-state index contributed by atoms with van der Waals surface area (Å²) in [6, 6.07) is 2.48. The van der Waals surface area contributed by atoms with Crippen LogP contribution in [-0.2, 0) is 0 Å². The lowest BCUT2D eigenvalue weighted by molar-refractivity contribution is 0.170. The first-order valence-corrected chi connectivity index (χ1v) is 8.17. The van der Waals surface area contributed by atoms with Crippen LogP contribution in [0.2, 0.25) is 0 Å². The van der Waals surface area contributed by atoms with Crippen molar-refractivity contribution in [3.63, 3.8) is 0 Å². The van der Waals surface area contributed by atoms with E-state index in [1.54, 1.807) is 0 Å². The number of aliphatic hydroxyl groups excluding tert-OH is 1. The van der Waals surface area contributed by atoms with Crippen LogP contribution in [-0.4, -0.2) is 59.3 Å². The van der Waals surface area contributed by atoms with Gasteiger partial charge in [0.15, 0.2) is 0 Å². The van der Waals surface area contributed by atoms with Gasteiger partial charge in [0.05, 0.1) is 0 Å². The predicted octanol–water partition coefficient (Wildman–Crippen LogP) is 1.64. The van der Waals surface area contributed by atoms with Crippen molar-refractivity contribution in [3.05, 3.63) is 18.0 Å². The van der Waals surface area contributed by atoms with E-state index in [-0.39, 0.29) is 6.61 Å². The topological polar surface area (TPSA) is 52.5 Å². The molecule has 1 aromatic heterocycles. The fourth-order valence-electron chi connectivity index (χ4n) is 3.55. The molecule has 1 aliphatic carbocycles. The number of aliphatic hydroxyl groups is 1. The minimum atomic E-state index is 0.242. The Morgan fingerprint density at radius 2 is 2.10 bits per heavy atom. The summed E-state index contributed by atoms with van der Waals surface area (Å²) in [6.45, 7) is 3.12. The van der Waals surface area contributed by atoms with Crippen molar-refractivity contribution in [1.29, 1.82) is 0 Å². The Morgan fingerprint density at radius 3 is 2.86 bits per heavy atom. The normalized spacial score (nSPS) is 24.7. The van der Waals surface area contributed by atoms with Crippen LogP contribution in [0.25, 0.3) is 0 Å². The van der Waals surface area contributed by atoms with Crippen LogP contribution in [0, 0.1) is 0 Å². The van der Waals surface area contributed by atoms with Gasteiger partial charge in [-0.05, 0) is 32.4 Å². The summed E-state index contributed by atoms with van der Waals surface area (Å²) in [5.41, 5.74) is 1.22. The van der Waals surface area contributed by atoms with Crippen molar-refractivity contribution >= 4 is 5.95 Å². The SMILES string of the molecule is CN1CCN(c2nccc(C3CCCC3)n2)CC1CCO. The third-order valence-electron chi connectivity index (χ3n) is 4.96. The molecule has 1 N–H and O–H groups in total. The van der Waals surface area contributed by atoms with Crippen molar-refractivity contribution in [3.8, 4) is 0 Å². The molecule has 2 aliphatic rings. The molecule has 2 heterocycles. The van der Waals surface area contributed by atoms with Crippen molar-refractivity contribution in [2.75, 3.05) is 38.2 Å². The molecule has 0 amide bonds. The van der Waals surface area contributed by atoms with Crippen molar-refractivity contribution in [2.45, 2.75) is 44.1 Å². The van der Waals surface area contributed by atoms with Crippen molar-refractivity contribution < 1.29 is 5.11 Å². The van der Waals surface area contributed by atoms with E-state index in [0.717, 1.165) is 32.0 Å².